The molecule has 0 unspecified atom stereocenters. The number of carboxylic acids is 2. The topological polar surface area (TPSA) is 149 Å². The number of nitrogens with two attached hydrogens (primary N) is 1. The Morgan fingerprint density at radius 1 is 1.23 bits per heavy atom. The smallest absolute Gasteiger partial charge is 0.307 e. The van der Waals surface area contributed by atoms with E-state index in [-0.39, 0.29) is 30.8 Å². The third-order valence-corrected chi connectivity index (χ3v) is 3.79. The minimum atomic E-state index is -1.28. The van der Waals surface area contributed by atoms with Crippen molar-refractivity contribution in [2.75, 3.05) is 0 Å². The van der Waals surface area contributed by atoms with Crippen molar-refractivity contribution in [1.82, 2.24) is 4.98 Å². The summed E-state index contributed by atoms with van der Waals surface area (Å²) in [6, 6.07) is 8.58. The van der Waals surface area contributed by atoms with Crippen molar-refractivity contribution in [3.05, 3.63) is 58.9 Å². The summed E-state index contributed by atoms with van der Waals surface area (Å²) in [5.41, 5.74) is 7.36. The number of nitrogens with one attached hydrogen (secondary N) is 1. The minimum absolute atomic E-state index is 0.132. The Morgan fingerprint density at radius 2 is 1.92 bits per heavy atom. The van der Waals surface area contributed by atoms with Gasteiger partial charge in [0.2, 0.25) is 0 Å². The maximum Gasteiger partial charge on any atom is 0.307 e. The molecule has 8 heteroatoms. The normalized spacial score (nSPS) is 14.5. The number of hydrogen-bond acceptors (Lipinski definition) is 4. The minimum Gasteiger partial charge on any atom is -0.481 e. The molecule has 2 atom stereocenters. The van der Waals surface area contributed by atoms with Gasteiger partial charge in [-0.25, -0.2) is 0 Å². The molecule has 0 aliphatic heterocycles. The number of benzene rings is 1. The van der Waals surface area contributed by atoms with Gasteiger partial charge < -0.3 is 26.0 Å². The van der Waals surface area contributed by atoms with Crippen LogP contribution in [-0.4, -0.2) is 38.1 Å². The molecular weight excluding hydrogens is 338 g/mol. The first kappa shape index (κ1) is 17.7. The predicted octanol–water partition coefficient (Wildman–Crippen LogP) is 1.25. The lowest BCUT2D eigenvalue weighted by molar-refractivity contribution is -0.137. The highest BCUT2D eigenvalue weighted by Gasteiger charge is 2.16. The number of aryl methyl sites for hydroxylation is 1. The zero-order valence-electron chi connectivity index (χ0n) is 14.9. The summed E-state index contributed by atoms with van der Waals surface area (Å²) < 4.78 is 8.20. The second-order valence-corrected chi connectivity index (χ2v) is 5.67. The molecule has 26 heavy (non-hydrogen) atoms. The molecule has 0 aliphatic carbocycles. The molecule has 1 aromatic heterocycles. The average Bonchev–Trinajstić information content (AvgIpc) is 3.01. The Labute approximate surface area is 151 Å². The van der Waals surface area contributed by atoms with Gasteiger partial charge in [0.25, 0.3) is 0 Å². The van der Waals surface area contributed by atoms with Crippen molar-refractivity contribution in [2.45, 2.75) is 31.9 Å². The summed E-state index contributed by atoms with van der Waals surface area (Å²) >= 11 is 0. The molecule has 8 nitrogen and oxygen atoms in total. The number of aromatic nitrogens is 1. The molecule has 2 rings (SSSR count). The molecule has 0 saturated carbocycles. The first-order valence-corrected chi connectivity index (χ1v) is 7.90. The lowest BCUT2D eigenvalue weighted by Crippen LogP contribution is -2.22. The number of aliphatic carboxylic acids is 2. The number of H-pyrrole nitrogens is 1. The fraction of sp³-hybridized carbons (Fsp3) is 0.278. The highest BCUT2D eigenvalue weighted by atomic mass is 16.4. The van der Waals surface area contributed by atoms with Crippen molar-refractivity contribution in [1.29, 1.82) is 0 Å². The summed E-state index contributed by atoms with van der Waals surface area (Å²) in [6.07, 6.45) is -0.113. The van der Waals surface area contributed by atoms with E-state index in [9.17, 15) is 14.7 Å². The third-order valence-electron chi connectivity index (χ3n) is 3.79. The van der Waals surface area contributed by atoms with E-state index < -0.39 is 24.6 Å². The van der Waals surface area contributed by atoms with E-state index in [1.807, 2.05) is 0 Å². The third kappa shape index (κ3) is 5.18. The van der Waals surface area contributed by atoms with Gasteiger partial charge in [-0.15, -0.1) is 0 Å². The molecule has 0 aliphatic rings. The molecule has 0 fully saturated rings. The van der Waals surface area contributed by atoms with Gasteiger partial charge in [-0.1, -0.05) is 30.3 Å². The van der Waals surface area contributed by atoms with Crippen LogP contribution in [0, 0.1) is 0 Å². The Bertz CT molecular complexity index is 835. The van der Waals surface area contributed by atoms with Crippen LogP contribution in [0.3, 0.4) is 0 Å². The van der Waals surface area contributed by atoms with Crippen LogP contribution < -0.4 is 5.73 Å². The number of aliphatic hydroxyl groups excluding tert-OH is 1. The second-order valence-electron chi connectivity index (χ2n) is 5.67. The maximum absolute atomic E-state index is 11.2. The monoisotopic (exact) mass is 360 g/mol. The van der Waals surface area contributed by atoms with E-state index in [4.69, 9.17) is 17.3 Å². The zero-order chi connectivity index (χ0) is 20.0. The van der Waals surface area contributed by atoms with Crippen LogP contribution in [0.2, 0.25) is 0 Å². The van der Waals surface area contributed by atoms with Crippen LogP contribution in [0.5, 0.6) is 0 Å². The van der Waals surface area contributed by atoms with Crippen LogP contribution in [0.15, 0.2) is 41.5 Å². The van der Waals surface area contributed by atoms with Gasteiger partial charge in [0.05, 0.1) is 14.3 Å². The van der Waals surface area contributed by atoms with Gasteiger partial charge in [0.15, 0.2) is 0 Å². The molecule has 2 aromatic rings. The summed E-state index contributed by atoms with van der Waals surface area (Å²) in [4.78, 5) is 28.7. The first-order valence-electron chi connectivity index (χ1n) is 8.48. The van der Waals surface area contributed by atoms with Gasteiger partial charge in [0, 0.05) is 18.3 Å². The van der Waals surface area contributed by atoms with Crippen LogP contribution in [0.25, 0.3) is 0 Å². The maximum atomic E-state index is 11.2. The second kappa shape index (κ2) is 8.82. The van der Waals surface area contributed by atoms with Crippen LogP contribution in [0.1, 0.15) is 36.3 Å². The molecular formula is C18H21N3O5. The van der Waals surface area contributed by atoms with E-state index in [0.717, 1.165) is 0 Å². The molecule has 0 amide bonds. The number of aromatic amines is 1. The quantitative estimate of drug-likeness (QED) is 0.335. The largest absolute Gasteiger partial charge is 0.481 e. The van der Waals surface area contributed by atoms with E-state index in [1.165, 1.54) is 6.20 Å². The van der Waals surface area contributed by atoms with Crippen LogP contribution in [-0.2, 0) is 29.0 Å². The lowest BCUT2D eigenvalue weighted by Gasteiger charge is -2.10. The molecule has 0 spiro atoms. The van der Waals surface area contributed by atoms with Crippen LogP contribution in [0.4, 0.5) is 0 Å². The summed E-state index contributed by atoms with van der Waals surface area (Å²) in [5.74, 6) is -2.29. The fourth-order valence-electron chi connectivity index (χ4n) is 2.47. The van der Waals surface area contributed by atoms with Gasteiger partial charge in [0.1, 0.15) is 11.9 Å². The standard InChI is InChI=1S/C18H21N3O5/c19-18(17(26)11-4-2-1-3-5-11)21-10-14-13(8-16(24)25)12(9-20-14)6-7-15(22)23/h1-5,9,17,20,26H,6-8,10H2,(H2,19,21)(H,22,23)(H,24,25)/t17-/m1/s1/i10D/t10-,17+/m0. The number of aliphatic imine (C=N–C) groups is 1. The van der Waals surface area contributed by atoms with E-state index in [1.54, 1.807) is 30.3 Å². The lowest BCUT2D eigenvalue weighted by atomic mass is 10.0. The molecule has 1 heterocycles. The van der Waals surface area contributed by atoms with Crippen molar-refractivity contribution in [3.8, 4) is 0 Å². The number of hydrogen-bond donors (Lipinski definition) is 5. The SMILES string of the molecule is [2H][C@H](N=C(N)[C@H](O)c1ccccc1)c1[nH]cc(CCC(=O)O)c1CC(=O)O. The molecule has 138 valence electrons. The number of carbonyl (C=O) groups is 2. The van der Waals surface area contributed by atoms with Crippen LogP contribution >= 0.6 is 0 Å². The van der Waals surface area contributed by atoms with Crippen molar-refractivity contribution in [2.24, 2.45) is 10.7 Å². The molecule has 0 radical (unpaired) electrons. The van der Waals surface area contributed by atoms with E-state index in [2.05, 4.69) is 9.98 Å². The van der Waals surface area contributed by atoms with Crippen molar-refractivity contribution < 1.29 is 26.3 Å². The number of aliphatic hydroxyl groups is 1. The van der Waals surface area contributed by atoms with Crippen molar-refractivity contribution >= 4 is 17.8 Å². The highest BCUT2D eigenvalue weighted by molar-refractivity contribution is 5.85. The van der Waals surface area contributed by atoms with Gasteiger partial charge in [-0.3, -0.25) is 14.6 Å². The summed E-state index contributed by atoms with van der Waals surface area (Å²) in [7, 11) is 0. The molecule has 0 bridgehead atoms. The summed E-state index contributed by atoms with van der Waals surface area (Å²) in [6.45, 7) is -1.28. The Hall–Kier alpha value is -3.13. The zero-order valence-corrected chi connectivity index (χ0v) is 13.9. The number of carboxylic acid groups (broad SMARTS) is 2. The average molecular weight is 360 g/mol. The summed E-state index contributed by atoms with van der Waals surface area (Å²) in [5, 5.41) is 28.2. The van der Waals surface area contributed by atoms with E-state index in [0.29, 0.717) is 16.7 Å². The van der Waals surface area contributed by atoms with Gasteiger partial charge >= 0.3 is 11.9 Å². The Kier molecular flexibility index (Phi) is 6.00. The molecule has 0 saturated heterocycles. The van der Waals surface area contributed by atoms with E-state index >= 15 is 0 Å². The van der Waals surface area contributed by atoms with Crippen molar-refractivity contribution in [3.63, 3.8) is 0 Å². The highest BCUT2D eigenvalue weighted by Crippen LogP contribution is 2.19. The number of rotatable bonds is 9. The molecule has 6 N–H and O–H groups in total. The molecule has 1 aromatic carbocycles. The number of nitrogens with zero attached hydrogens (tertiary/aromatic N) is 1. The Morgan fingerprint density at radius 3 is 2.54 bits per heavy atom. The van der Waals surface area contributed by atoms with Gasteiger partial charge in [-0.05, 0) is 23.1 Å². The first-order chi connectivity index (χ1) is 12.8. The van der Waals surface area contributed by atoms with Gasteiger partial charge in [-0.2, -0.15) is 0 Å². The Balaban J connectivity index is 2.27. The number of amidine groups is 1. The predicted molar refractivity (Wildman–Crippen MR) is 94.8 cm³/mol. The fourth-order valence-corrected chi connectivity index (χ4v) is 2.47.